The number of fused-ring (bicyclic) bond motifs is 1. The van der Waals surface area contributed by atoms with Gasteiger partial charge in [-0.15, -0.1) is 0 Å². The van der Waals surface area contributed by atoms with Gasteiger partial charge in [-0.05, 0) is 84.0 Å². The van der Waals surface area contributed by atoms with Crippen molar-refractivity contribution in [2.75, 3.05) is 77.5 Å². The Morgan fingerprint density at radius 1 is 0.873 bits per heavy atom. The number of carbonyl (C=O) groups is 1. The molecule has 0 spiro atoms. The van der Waals surface area contributed by atoms with Crippen molar-refractivity contribution in [2.45, 2.75) is 57.4 Å². The molecule has 1 aliphatic rings. The van der Waals surface area contributed by atoms with Gasteiger partial charge in [-0.1, -0.05) is 93.4 Å². The van der Waals surface area contributed by atoms with Crippen LogP contribution in [0.1, 0.15) is 49.7 Å². The van der Waals surface area contributed by atoms with Gasteiger partial charge < -0.3 is 43.8 Å². The van der Waals surface area contributed by atoms with Gasteiger partial charge in [0.2, 0.25) is 0 Å². The van der Waals surface area contributed by atoms with Crippen molar-refractivity contribution in [1.82, 2.24) is 9.47 Å². The number of ether oxygens (including phenoxy) is 3. The molecule has 5 aromatic rings. The van der Waals surface area contributed by atoms with Crippen LogP contribution in [0.4, 0.5) is 24.5 Å². The molecule has 2 atom stereocenters. The molecule has 4 aromatic carbocycles. The Labute approximate surface area is 369 Å². The maximum Gasteiger partial charge on any atom is 0.406 e. The molecule has 1 aliphatic heterocycles. The van der Waals surface area contributed by atoms with Crippen molar-refractivity contribution in [1.29, 1.82) is 0 Å². The minimum atomic E-state index is -4.47. The lowest BCUT2D eigenvalue weighted by Crippen LogP contribution is -2.66. The molecule has 0 saturated carbocycles. The normalized spacial score (nSPS) is 16.1. The predicted molar refractivity (Wildman–Crippen MR) is 246 cm³/mol. The Morgan fingerprint density at radius 2 is 1.54 bits per heavy atom. The summed E-state index contributed by atoms with van der Waals surface area (Å²) in [4.78, 5) is 14.1. The van der Waals surface area contributed by atoms with Gasteiger partial charge in [0.1, 0.15) is 17.9 Å². The van der Waals surface area contributed by atoms with E-state index < -0.39 is 27.0 Å². The molecule has 1 aromatic heterocycles. The van der Waals surface area contributed by atoms with Gasteiger partial charge in [0.15, 0.2) is 0 Å². The van der Waals surface area contributed by atoms with E-state index in [4.69, 9.17) is 13.9 Å². The van der Waals surface area contributed by atoms with Crippen LogP contribution in [0.25, 0.3) is 10.9 Å². The van der Waals surface area contributed by atoms with Gasteiger partial charge in [0.25, 0.3) is 8.32 Å². The number of methoxy groups -OCH3 is 1. The first-order valence-electron chi connectivity index (χ1n) is 21.4. The van der Waals surface area contributed by atoms with Gasteiger partial charge in [-0.2, -0.15) is 13.2 Å². The van der Waals surface area contributed by atoms with Crippen LogP contribution in [0.5, 0.6) is 5.75 Å². The highest BCUT2D eigenvalue weighted by Crippen LogP contribution is 2.37. The van der Waals surface area contributed by atoms with E-state index in [1.807, 2.05) is 18.2 Å². The van der Waals surface area contributed by atoms with Gasteiger partial charge in [0, 0.05) is 42.0 Å². The lowest BCUT2D eigenvalue weighted by Gasteiger charge is -2.43. The molecule has 14 heteroatoms. The predicted octanol–water partition coefficient (Wildman–Crippen LogP) is 7.89. The number of phenolic OH excluding ortho intramolecular Hbond substituents is 1. The van der Waals surface area contributed by atoms with E-state index in [9.17, 15) is 23.1 Å². The van der Waals surface area contributed by atoms with Gasteiger partial charge in [0.05, 0.1) is 51.3 Å². The zero-order valence-corrected chi connectivity index (χ0v) is 37.8. The molecule has 0 amide bonds. The zero-order chi connectivity index (χ0) is 45.0. The monoisotopic (exact) mass is 884 g/mol. The number of nitrogens with one attached hydrogen (secondary N) is 2. The second-order valence-corrected chi connectivity index (χ2v) is 21.2. The lowest BCUT2D eigenvalue weighted by molar-refractivity contribution is -0.140. The number of alkyl halides is 3. The molecule has 336 valence electrons. The Morgan fingerprint density at radius 3 is 2.17 bits per heavy atom. The topological polar surface area (TPSA) is 106 Å². The van der Waals surface area contributed by atoms with Crippen LogP contribution in [-0.2, 0) is 25.2 Å². The van der Waals surface area contributed by atoms with Crippen molar-refractivity contribution in [2.24, 2.45) is 5.92 Å². The maximum atomic E-state index is 13.9. The summed E-state index contributed by atoms with van der Waals surface area (Å²) in [5, 5.41) is 19.9. The number of likely N-dealkylation sites (tertiary alicyclic amines) is 1. The van der Waals surface area contributed by atoms with Crippen molar-refractivity contribution < 1.29 is 41.7 Å². The summed E-state index contributed by atoms with van der Waals surface area (Å²) in [7, 11) is 0.688. The number of piperidine rings is 1. The quantitative estimate of drug-likeness (QED) is 0.0351. The highest BCUT2D eigenvalue weighted by Gasteiger charge is 2.50. The molecule has 6 rings (SSSR count). The third kappa shape index (κ3) is 12.0. The molecule has 10 nitrogen and oxygen atoms in total. The van der Waals surface area contributed by atoms with E-state index in [-0.39, 0.29) is 40.5 Å². The summed E-state index contributed by atoms with van der Waals surface area (Å²) in [5.74, 6) is 5.14. The number of nitrogens with zero attached hydrogens (tertiary/aromatic N) is 2. The number of hydrogen-bond acceptors (Lipinski definition) is 9. The van der Waals surface area contributed by atoms with Crippen LogP contribution in [-0.4, -0.2) is 108 Å². The molecular weight excluding hydrogens is 826 g/mol. The molecule has 2 heterocycles. The standard InChI is InChI=1S/C49H59F3N4O6Si/c1-48(2,3)63(39-15-8-6-9-16-39,40-17-10-7-11-18-40)62-31-30-61-29-28-60-27-24-36-34-55(4)26-23-43(36)54-44-19-12-20-45-42(44)33-38(56(45)35-49(50,51)52)14-13-25-53-37-21-22-41(46(57)32-37)47(58)59-5/h6-12,15-22,32-33,36,43,53-54,57H,23-31,34-35H2,1-5H3. The summed E-state index contributed by atoms with van der Waals surface area (Å²) in [6.07, 6.45) is -2.80. The summed E-state index contributed by atoms with van der Waals surface area (Å²) >= 11 is 0. The average molecular weight is 885 g/mol. The van der Waals surface area contributed by atoms with E-state index in [0.29, 0.717) is 49.6 Å². The van der Waals surface area contributed by atoms with E-state index in [1.165, 1.54) is 34.2 Å². The highest BCUT2D eigenvalue weighted by atomic mass is 28.4. The van der Waals surface area contributed by atoms with Crippen molar-refractivity contribution in [3.05, 3.63) is 114 Å². The number of rotatable bonds is 18. The fourth-order valence-corrected chi connectivity index (χ4v) is 13.1. The number of aromatic hydroxyl groups is 1. The molecular formula is C49H59F3N4O6Si. The largest absolute Gasteiger partial charge is 0.507 e. The molecule has 0 aliphatic carbocycles. The summed E-state index contributed by atoms with van der Waals surface area (Å²) < 4.78 is 66.7. The van der Waals surface area contributed by atoms with Gasteiger partial charge in [-0.25, -0.2) is 4.79 Å². The van der Waals surface area contributed by atoms with Crippen molar-refractivity contribution in [3.8, 4) is 17.6 Å². The molecule has 63 heavy (non-hydrogen) atoms. The highest BCUT2D eigenvalue weighted by molar-refractivity contribution is 6.99. The molecule has 0 bridgehead atoms. The number of benzene rings is 4. The number of carbonyl (C=O) groups excluding carboxylic acids is 1. The van der Waals surface area contributed by atoms with Gasteiger partial charge in [-0.3, -0.25) is 0 Å². The van der Waals surface area contributed by atoms with E-state index in [2.05, 4.69) is 108 Å². The summed E-state index contributed by atoms with van der Waals surface area (Å²) in [6.45, 7) is 9.78. The Bertz CT molecular complexity index is 2290. The Balaban J connectivity index is 1.04. The van der Waals surface area contributed by atoms with Gasteiger partial charge >= 0.3 is 12.1 Å². The molecule has 0 radical (unpaired) electrons. The molecule has 1 fully saturated rings. The van der Waals surface area contributed by atoms with E-state index in [1.54, 1.807) is 24.3 Å². The fraction of sp³-hybridized carbons (Fsp3) is 0.408. The van der Waals surface area contributed by atoms with Crippen LogP contribution in [0.15, 0.2) is 103 Å². The first-order valence-corrected chi connectivity index (χ1v) is 23.3. The smallest absolute Gasteiger partial charge is 0.406 e. The molecule has 3 N–H and O–H groups in total. The minimum Gasteiger partial charge on any atom is -0.507 e. The number of anilines is 2. The SMILES string of the molecule is COC(=O)c1ccc(NCC#Cc2cc3c(NC4CCN(C)CC4CCOCCOCCO[Si](c4ccccc4)(c4ccccc4)C(C)(C)C)cccc3n2CC(F)(F)F)cc1O. The minimum absolute atomic E-state index is 0.0152. The third-order valence-corrected chi connectivity index (χ3v) is 16.6. The van der Waals surface area contributed by atoms with Crippen molar-refractivity contribution in [3.63, 3.8) is 0 Å². The van der Waals surface area contributed by atoms with Crippen LogP contribution >= 0.6 is 0 Å². The summed E-state index contributed by atoms with van der Waals surface area (Å²) in [6, 6.07) is 32.6. The summed E-state index contributed by atoms with van der Waals surface area (Å²) in [5.41, 5.74) is 1.91. The first-order chi connectivity index (χ1) is 30.2. The number of phenols is 1. The number of esters is 1. The Hall–Kier alpha value is -5.30. The lowest BCUT2D eigenvalue weighted by atomic mass is 9.89. The average Bonchev–Trinajstić information content (AvgIpc) is 3.60. The van der Waals surface area contributed by atoms with Crippen LogP contribution in [0.2, 0.25) is 5.04 Å². The van der Waals surface area contributed by atoms with E-state index >= 15 is 0 Å². The fourth-order valence-electron chi connectivity index (χ4n) is 8.54. The second-order valence-electron chi connectivity index (χ2n) is 16.9. The second kappa shape index (κ2) is 21.4. The van der Waals surface area contributed by atoms with Crippen LogP contribution < -0.4 is 21.0 Å². The van der Waals surface area contributed by atoms with Crippen molar-refractivity contribution >= 4 is 46.9 Å². The van der Waals surface area contributed by atoms with Crippen LogP contribution in [0.3, 0.4) is 0 Å². The Kier molecular flexibility index (Phi) is 16.0. The molecule has 2 unspecified atom stereocenters. The third-order valence-electron chi connectivity index (χ3n) is 11.5. The van der Waals surface area contributed by atoms with Crippen LogP contribution in [0, 0.1) is 17.8 Å². The molecule has 1 saturated heterocycles. The zero-order valence-electron chi connectivity index (χ0n) is 36.8. The number of halogens is 3. The number of aromatic nitrogens is 1. The number of hydrogen-bond donors (Lipinski definition) is 3. The maximum absolute atomic E-state index is 13.9. The first kappa shape index (κ1) is 47.2. The van der Waals surface area contributed by atoms with E-state index in [0.717, 1.165) is 31.6 Å².